The molecule has 0 atom stereocenters. The summed E-state index contributed by atoms with van der Waals surface area (Å²) >= 11 is 0. The molecule has 21 heteroatoms. The van der Waals surface area contributed by atoms with E-state index in [0.29, 0.717) is 28.6 Å². The van der Waals surface area contributed by atoms with Crippen LogP contribution in [0.3, 0.4) is 0 Å². The number of carbonyl (C=O) groups excluding carboxylic acids is 4. The molecule has 0 bridgehead atoms. The Morgan fingerprint density at radius 2 is 0.652 bits per heavy atom. The van der Waals surface area contributed by atoms with Gasteiger partial charge in [0.25, 0.3) is 0 Å². The second-order valence-electron chi connectivity index (χ2n) is 43.9. The third kappa shape index (κ3) is 20.2. The van der Waals surface area contributed by atoms with E-state index in [2.05, 4.69) is 188 Å². The molecule has 0 saturated heterocycles. The molecular weight excluding hydrogens is 1750 g/mol. The van der Waals surface area contributed by atoms with Crippen LogP contribution in [0.4, 0.5) is 0 Å². The number of hydrogen-bond acceptors (Lipinski definition) is 17. The van der Waals surface area contributed by atoms with Crippen LogP contribution in [0.1, 0.15) is 283 Å². The number of benzene rings is 4. The van der Waals surface area contributed by atoms with Gasteiger partial charge in [-0.05, 0) is 258 Å². The monoisotopic (exact) mass is 1890 g/mol. The number of pyridine rings is 4. The lowest BCUT2D eigenvalue weighted by molar-refractivity contribution is -0.121. The van der Waals surface area contributed by atoms with Crippen LogP contribution in [0, 0.1) is 77.0 Å². The summed E-state index contributed by atoms with van der Waals surface area (Å²) < 4.78 is 37.0. The van der Waals surface area contributed by atoms with E-state index in [0.717, 1.165) is 235 Å². The zero-order valence-corrected chi connectivity index (χ0v) is 86.2. The summed E-state index contributed by atoms with van der Waals surface area (Å²) in [4.78, 5) is 67.9. The fourth-order valence-electron chi connectivity index (χ4n) is 23.5. The SMILES string of the molecule is CC(=O)C(C)(C)c1ccc(-c2cn(CC3(C)CCCCC3)c3cc(-c4c(C)noc4C)cnc23)cc1.CC(=O)C1(c2ccc(-c3cn(CC4(C)CCCCC4)c4cc(-c5c(C)noc5C)cnc34)cc2)CC1.CC(=O)Cc1ccc(-c2cn(CC3(C)CCCCC3)c3cc(-c4c(C)noc4C)cnc23)cc1.COc1cc(-c2cn(CC3(C)CCCCC3)c3cc(-c4c(C)noc4C)cnc23)ccc1C(C)=O. The van der Waals surface area contributed by atoms with Crippen molar-refractivity contribution in [1.82, 2.24) is 58.8 Å². The molecule has 21 rings (SSSR count). The minimum absolute atomic E-state index is 0.0109. The van der Waals surface area contributed by atoms with Crippen molar-refractivity contribution < 1.29 is 42.0 Å². The summed E-state index contributed by atoms with van der Waals surface area (Å²) in [6.07, 6.45) is 45.0. The maximum Gasteiger partial charge on any atom is 0.163 e. The number of ketones is 4. The van der Waals surface area contributed by atoms with Crippen molar-refractivity contribution in [2.24, 2.45) is 21.7 Å². The summed E-state index contributed by atoms with van der Waals surface area (Å²) in [5.41, 5.74) is 33.3. The van der Waals surface area contributed by atoms with Crippen LogP contribution < -0.4 is 4.74 Å². The zero-order valence-electron chi connectivity index (χ0n) is 86.2. The van der Waals surface area contributed by atoms with Gasteiger partial charge in [0.15, 0.2) is 5.78 Å². The Bertz CT molecular complexity index is 7060. The van der Waals surface area contributed by atoms with Crippen molar-refractivity contribution in [2.75, 3.05) is 7.11 Å². The average Bonchev–Trinajstić information content (AvgIpc) is 1.59. The number of hydrogen-bond donors (Lipinski definition) is 0. The highest BCUT2D eigenvalue weighted by Crippen LogP contribution is 2.52. The van der Waals surface area contributed by atoms with Gasteiger partial charge >= 0.3 is 0 Å². The van der Waals surface area contributed by atoms with E-state index in [1.165, 1.54) is 128 Å². The van der Waals surface area contributed by atoms with Gasteiger partial charge in [0.2, 0.25) is 0 Å². The third-order valence-corrected chi connectivity index (χ3v) is 32.2. The highest BCUT2D eigenvalue weighted by Gasteiger charge is 2.49. The predicted molar refractivity (Wildman–Crippen MR) is 562 cm³/mol. The van der Waals surface area contributed by atoms with Crippen LogP contribution in [0.5, 0.6) is 5.75 Å². The molecule has 0 aliphatic heterocycles. The Hall–Kier alpha value is -13.0. The molecular formula is C120H138N12O9. The first-order valence-electron chi connectivity index (χ1n) is 51.2. The molecule has 5 aliphatic rings. The number of Topliss-reactive ketones (excluding diaryl/α,β-unsaturated/α-hetero) is 4. The summed E-state index contributed by atoms with van der Waals surface area (Å²) in [6, 6.07) is 40.2. The van der Waals surface area contributed by atoms with Crippen molar-refractivity contribution >= 4 is 67.3 Å². The van der Waals surface area contributed by atoms with E-state index in [4.69, 9.17) is 42.8 Å². The minimum atomic E-state index is -0.496. The summed E-state index contributed by atoms with van der Waals surface area (Å²) in [5.74, 6) is 4.45. The summed E-state index contributed by atoms with van der Waals surface area (Å²) in [6.45, 7) is 39.9. The number of aromatic nitrogens is 12. The molecule has 0 unspecified atom stereocenters. The van der Waals surface area contributed by atoms with Gasteiger partial charge in [-0.2, -0.15) is 0 Å². The van der Waals surface area contributed by atoms with Gasteiger partial charge in [-0.15, -0.1) is 0 Å². The smallest absolute Gasteiger partial charge is 0.163 e. The number of ether oxygens (including phenoxy) is 1. The van der Waals surface area contributed by atoms with Crippen LogP contribution in [0.15, 0.2) is 183 Å². The third-order valence-electron chi connectivity index (χ3n) is 32.2. The lowest BCUT2D eigenvalue weighted by Gasteiger charge is -2.34. The van der Waals surface area contributed by atoms with Crippen LogP contribution >= 0.6 is 0 Å². The number of carbonyl (C=O) groups is 4. The maximum absolute atomic E-state index is 12.2. The van der Waals surface area contributed by atoms with Crippen molar-refractivity contribution in [1.29, 1.82) is 0 Å². The van der Waals surface area contributed by atoms with E-state index >= 15 is 0 Å². The van der Waals surface area contributed by atoms with Crippen molar-refractivity contribution in [3.8, 4) is 94.8 Å². The topological polar surface area (TPSA) is 253 Å². The molecule has 5 saturated carbocycles. The number of fused-ring (bicyclic) bond motifs is 4. The van der Waals surface area contributed by atoms with Crippen LogP contribution in [0.2, 0.25) is 0 Å². The summed E-state index contributed by atoms with van der Waals surface area (Å²) in [5, 5.41) is 16.6. The molecule has 732 valence electrons. The van der Waals surface area contributed by atoms with E-state index < -0.39 is 5.41 Å². The van der Waals surface area contributed by atoms with Gasteiger partial charge in [-0.1, -0.05) is 204 Å². The fraction of sp³-hybridized carbons (Fsp3) is 0.433. The molecule has 12 heterocycles. The van der Waals surface area contributed by atoms with Gasteiger partial charge in [-0.25, -0.2) is 0 Å². The number of methoxy groups -OCH3 is 1. The van der Waals surface area contributed by atoms with Crippen molar-refractivity contribution in [3.63, 3.8) is 0 Å². The number of rotatable bonds is 24. The normalized spacial score (nSPS) is 16.4. The first-order valence-corrected chi connectivity index (χ1v) is 51.2. The predicted octanol–water partition coefficient (Wildman–Crippen LogP) is 29.6. The van der Waals surface area contributed by atoms with Crippen molar-refractivity contribution in [2.45, 2.75) is 309 Å². The number of nitrogens with zero attached hydrogens (tertiary/aromatic N) is 12. The molecule has 0 N–H and O–H groups in total. The molecule has 0 spiro atoms. The lowest BCUT2D eigenvalue weighted by Crippen LogP contribution is -2.26. The Balaban J connectivity index is 0.000000124. The molecule has 141 heavy (non-hydrogen) atoms. The van der Waals surface area contributed by atoms with Gasteiger partial charge in [0.1, 0.15) is 46.1 Å². The Labute approximate surface area is 828 Å². The average molecular weight is 1890 g/mol. The second kappa shape index (κ2) is 39.8. The molecule has 16 aromatic rings. The van der Waals surface area contributed by atoms with Crippen molar-refractivity contribution in [3.05, 3.63) is 233 Å². The van der Waals surface area contributed by atoms with Crippen LogP contribution in [0.25, 0.3) is 133 Å². The van der Waals surface area contributed by atoms with E-state index in [1.54, 1.807) is 34.8 Å². The van der Waals surface area contributed by atoms with Crippen LogP contribution in [-0.4, -0.2) is 89.1 Å². The summed E-state index contributed by atoms with van der Waals surface area (Å²) in [7, 11) is 1.60. The quantitative estimate of drug-likeness (QED) is 0.0510. The van der Waals surface area contributed by atoms with Crippen LogP contribution in [-0.2, 0) is 57.8 Å². The Kier molecular flexibility index (Phi) is 27.7. The molecule has 5 fully saturated rings. The van der Waals surface area contributed by atoms with Gasteiger partial charge in [0.05, 0.1) is 85.0 Å². The van der Waals surface area contributed by atoms with Gasteiger partial charge in [0, 0.05) is 154 Å². The maximum atomic E-state index is 12.2. The molecule has 0 radical (unpaired) electrons. The lowest BCUT2D eigenvalue weighted by atomic mass is 9.75. The van der Waals surface area contributed by atoms with Gasteiger partial charge < -0.3 is 41.1 Å². The molecule has 0 amide bonds. The first-order chi connectivity index (χ1) is 67.5. The molecule has 5 aliphatic carbocycles. The second-order valence-corrected chi connectivity index (χ2v) is 43.9. The van der Waals surface area contributed by atoms with Gasteiger partial charge in [-0.3, -0.25) is 39.1 Å². The number of aryl methyl sites for hydroxylation is 8. The molecule has 4 aromatic carbocycles. The standard InChI is InChI=1S/C31H35N3O2.C31H37N3O2.C29H33N3O3.C29H33N3O2/c1-20-28(21(2)36-33-20)24-16-27-29(32-17-24)26(18-34(27)19-30(4)12-6-5-7-13-30)23-8-10-25(11-9-23)31(14-15-31)22(3)35;1-20-28(21(2)36-33-20)24-16-27-29(32-17-24)26(18-34(27)19-31(6)14-8-7-9-15-31)23-10-12-25(13-11-23)30(4,5)22(3)35;1-18-27(20(3)35-31-18)22-13-25-28(30-15-22)24(16-32(25)17-29(4)11-7-6-8-12-29)21-9-10-23(19(2)33)26(14-21)34-5;1-19(33)14-22-8-10-23(11-9-22)25-17-32(18-29(4)12-6-5-7-13-29)26-15-24(16-30-28(25)26)27-20(2)31-34-21(27)3/h8-11,16-18H,5-7,12-15,19H2,1-4H3;10-13,16-18H,7-9,14-15,19H2,1-6H3;9-10,13-16H,6-8,11-12,17H2,1-5H3;8-11,15-17H,5-7,12-14,18H2,1-4H3. The molecule has 12 aromatic heterocycles. The highest BCUT2D eigenvalue weighted by molar-refractivity contribution is 6.02. The molecule has 21 nitrogen and oxygen atoms in total. The Morgan fingerprint density at radius 1 is 0.362 bits per heavy atom. The fourth-order valence-corrected chi connectivity index (χ4v) is 23.5. The van der Waals surface area contributed by atoms with E-state index in [9.17, 15) is 19.2 Å². The highest BCUT2D eigenvalue weighted by atomic mass is 16.5. The Morgan fingerprint density at radius 3 is 0.915 bits per heavy atom. The first kappa shape index (κ1) is 98.2. The van der Waals surface area contributed by atoms with E-state index in [1.807, 2.05) is 112 Å². The zero-order chi connectivity index (χ0) is 99.4. The van der Waals surface area contributed by atoms with E-state index in [-0.39, 0.29) is 39.4 Å². The largest absolute Gasteiger partial charge is 0.496 e. The minimum Gasteiger partial charge on any atom is -0.496 e.